The third kappa shape index (κ3) is 7.22. The minimum Gasteiger partial charge on any atom is -0.497 e. The van der Waals surface area contributed by atoms with Gasteiger partial charge in [0.1, 0.15) is 5.75 Å². The molecule has 0 atom stereocenters. The second-order valence-corrected chi connectivity index (χ2v) is 9.68. The number of nitrogens with one attached hydrogen (secondary N) is 3. The molecule has 2 aromatic carbocycles. The van der Waals surface area contributed by atoms with Gasteiger partial charge in [-0.15, -0.1) is 0 Å². The van der Waals surface area contributed by atoms with Crippen molar-refractivity contribution < 1.29 is 17.9 Å². The maximum Gasteiger partial charge on any atom is 0.264 e. The van der Waals surface area contributed by atoms with Crippen LogP contribution in [0.2, 0.25) is 0 Å². The fourth-order valence-corrected chi connectivity index (χ4v) is 4.71. The maximum atomic E-state index is 12.8. The highest BCUT2D eigenvalue weighted by atomic mass is 32.2. The number of sulfonamides is 1. The van der Waals surface area contributed by atoms with Gasteiger partial charge in [-0.2, -0.15) is 5.26 Å². The van der Waals surface area contributed by atoms with Crippen LogP contribution >= 0.6 is 0 Å². The third-order valence-electron chi connectivity index (χ3n) is 5.56. The van der Waals surface area contributed by atoms with Gasteiger partial charge in [-0.05, 0) is 55.2 Å². The number of aliphatic imine (C=N–C) groups is 1. The summed E-state index contributed by atoms with van der Waals surface area (Å²) in [4.78, 5) is 16.7. The van der Waals surface area contributed by atoms with Crippen LogP contribution in [0, 0.1) is 11.5 Å². The van der Waals surface area contributed by atoms with Crippen molar-refractivity contribution in [3.8, 4) is 11.9 Å². The van der Waals surface area contributed by atoms with E-state index in [4.69, 9.17) is 10.00 Å². The number of carbonyl (C=O) groups excluding carboxylic acids is 1. The third-order valence-corrected chi connectivity index (χ3v) is 6.91. The first-order chi connectivity index (χ1) is 16.4. The average molecular weight is 484 g/mol. The Morgan fingerprint density at radius 3 is 2.56 bits per heavy atom. The summed E-state index contributed by atoms with van der Waals surface area (Å²) in [7, 11) is -2.36. The summed E-state index contributed by atoms with van der Waals surface area (Å²) < 4.78 is 33.1. The predicted octanol–water partition coefficient (Wildman–Crippen LogP) is 2.71. The van der Waals surface area contributed by atoms with Crippen LogP contribution in [0.5, 0.6) is 5.75 Å². The van der Waals surface area contributed by atoms with Gasteiger partial charge in [-0.1, -0.05) is 37.5 Å². The van der Waals surface area contributed by atoms with E-state index in [0.717, 1.165) is 37.7 Å². The van der Waals surface area contributed by atoms with Crippen molar-refractivity contribution in [2.24, 2.45) is 4.99 Å². The molecular weight excluding hydrogens is 454 g/mol. The number of nitriles is 1. The van der Waals surface area contributed by atoms with Crippen LogP contribution < -0.4 is 20.1 Å². The number of hydrogen-bond donors (Lipinski definition) is 3. The Bertz CT molecular complexity index is 1150. The van der Waals surface area contributed by atoms with Gasteiger partial charge in [0.05, 0.1) is 18.0 Å². The molecule has 1 aliphatic rings. The number of hydrogen-bond acceptors (Lipinski definition) is 6. The van der Waals surface area contributed by atoms with Crippen molar-refractivity contribution in [3.05, 3.63) is 59.7 Å². The standard InChI is InChI=1S/C24H29N5O4S/c1-33-21-9-5-6-19(16-21)23(30)26-15-14-18-10-12-22(13-11-18)34(31,32)29-24(27-17-25)28-20-7-3-2-4-8-20/h5-6,9-13,16,20H,2-4,7-8,14-15H2,1H3,(H,26,30)(H2,27,28,29). The molecule has 34 heavy (non-hydrogen) atoms. The quantitative estimate of drug-likeness (QED) is 0.229. The Morgan fingerprint density at radius 2 is 1.88 bits per heavy atom. The second kappa shape index (κ2) is 12.0. The minimum atomic E-state index is -3.90. The number of ether oxygens (including phenoxy) is 1. The highest BCUT2D eigenvalue weighted by Gasteiger charge is 2.19. The number of guanidine groups is 1. The number of nitrogens with zero attached hydrogens (tertiary/aromatic N) is 2. The molecule has 3 N–H and O–H groups in total. The highest BCUT2D eigenvalue weighted by Crippen LogP contribution is 2.20. The lowest BCUT2D eigenvalue weighted by Crippen LogP contribution is -2.40. The Labute approximate surface area is 200 Å². The molecule has 1 fully saturated rings. The van der Waals surface area contributed by atoms with Gasteiger partial charge < -0.3 is 10.1 Å². The molecule has 10 heteroatoms. The number of benzene rings is 2. The molecule has 0 aromatic heterocycles. The summed E-state index contributed by atoms with van der Waals surface area (Å²) in [6.07, 6.45) is 7.27. The van der Waals surface area contributed by atoms with Crippen LogP contribution in [0.1, 0.15) is 48.0 Å². The zero-order chi connectivity index (χ0) is 24.4. The van der Waals surface area contributed by atoms with Crippen molar-refractivity contribution >= 4 is 21.9 Å². The molecule has 0 spiro atoms. The Kier molecular flexibility index (Phi) is 8.87. The molecule has 0 radical (unpaired) electrons. The van der Waals surface area contributed by atoms with E-state index in [9.17, 15) is 13.2 Å². The van der Waals surface area contributed by atoms with Gasteiger partial charge in [0.15, 0.2) is 6.19 Å². The molecule has 0 bridgehead atoms. The molecule has 3 rings (SSSR count). The molecule has 0 saturated heterocycles. The van der Waals surface area contributed by atoms with E-state index in [0.29, 0.717) is 24.3 Å². The molecule has 1 aliphatic carbocycles. The summed E-state index contributed by atoms with van der Waals surface area (Å²) in [5.41, 5.74) is 1.37. The average Bonchev–Trinajstić information content (AvgIpc) is 2.85. The molecule has 0 heterocycles. The Morgan fingerprint density at radius 1 is 1.15 bits per heavy atom. The van der Waals surface area contributed by atoms with Crippen LogP contribution in [0.25, 0.3) is 0 Å². The zero-order valence-electron chi connectivity index (χ0n) is 19.1. The first kappa shape index (κ1) is 25.1. The number of carbonyl (C=O) groups is 1. The van der Waals surface area contributed by atoms with E-state index in [1.807, 2.05) is 0 Å². The van der Waals surface area contributed by atoms with Gasteiger partial charge in [-0.3, -0.25) is 10.1 Å². The highest BCUT2D eigenvalue weighted by molar-refractivity contribution is 7.90. The normalized spacial score (nSPS) is 14.6. The first-order valence-electron chi connectivity index (χ1n) is 11.2. The van der Waals surface area contributed by atoms with E-state index in [2.05, 4.69) is 20.3 Å². The van der Waals surface area contributed by atoms with Crippen LogP contribution in [-0.2, 0) is 16.4 Å². The Hall–Kier alpha value is -3.58. The van der Waals surface area contributed by atoms with Crippen LogP contribution in [0.4, 0.5) is 0 Å². The summed E-state index contributed by atoms with van der Waals surface area (Å²) in [5, 5.41) is 14.2. The second-order valence-electron chi connectivity index (χ2n) is 7.99. The fourth-order valence-electron chi connectivity index (χ4n) is 3.74. The van der Waals surface area contributed by atoms with E-state index >= 15 is 0 Å². The Balaban J connectivity index is 1.57. The van der Waals surface area contributed by atoms with E-state index in [-0.39, 0.29) is 22.8 Å². The van der Waals surface area contributed by atoms with Gasteiger partial charge >= 0.3 is 0 Å². The first-order valence-corrected chi connectivity index (χ1v) is 12.7. The smallest absolute Gasteiger partial charge is 0.264 e. The topological polar surface area (TPSA) is 133 Å². The van der Waals surface area contributed by atoms with Crippen LogP contribution in [0.3, 0.4) is 0 Å². The lowest BCUT2D eigenvalue weighted by molar-refractivity contribution is 0.0953. The fraction of sp³-hybridized carbons (Fsp3) is 0.375. The molecule has 1 saturated carbocycles. The molecule has 0 unspecified atom stereocenters. The van der Waals surface area contributed by atoms with E-state index < -0.39 is 10.0 Å². The van der Waals surface area contributed by atoms with Crippen molar-refractivity contribution in [1.29, 1.82) is 5.26 Å². The van der Waals surface area contributed by atoms with Crippen LogP contribution in [-0.4, -0.2) is 40.0 Å². The lowest BCUT2D eigenvalue weighted by Gasteiger charge is -2.19. The molecule has 0 aliphatic heterocycles. The van der Waals surface area contributed by atoms with Crippen molar-refractivity contribution in [1.82, 2.24) is 15.4 Å². The molecule has 9 nitrogen and oxygen atoms in total. The monoisotopic (exact) mass is 483 g/mol. The number of rotatable bonds is 8. The number of methoxy groups -OCH3 is 1. The maximum absolute atomic E-state index is 12.8. The summed E-state index contributed by atoms with van der Waals surface area (Å²) in [5.74, 6) is 0.339. The SMILES string of the molecule is COc1cccc(C(=O)NCCc2ccc(S(=O)(=O)NC(=NC3CCCCC3)NC#N)cc2)c1. The molecule has 1 amide bonds. The predicted molar refractivity (Wildman–Crippen MR) is 129 cm³/mol. The molecule has 2 aromatic rings. The van der Waals surface area contributed by atoms with E-state index in [1.54, 1.807) is 49.7 Å². The lowest BCUT2D eigenvalue weighted by atomic mass is 9.96. The molecule has 180 valence electrons. The van der Waals surface area contributed by atoms with Gasteiger partial charge in [0, 0.05) is 12.1 Å². The zero-order valence-corrected chi connectivity index (χ0v) is 19.9. The van der Waals surface area contributed by atoms with Gasteiger partial charge in [-0.25, -0.2) is 18.1 Å². The van der Waals surface area contributed by atoms with Crippen molar-refractivity contribution in [2.45, 2.75) is 49.5 Å². The molecular formula is C24H29N5O4S. The van der Waals surface area contributed by atoms with Gasteiger partial charge in [0.25, 0.3) is 15.9 Å². The summed E-state index contributed by atoms with van der Waals surface area (Å²) >= 11 is 0. The van der Waals surface area contributed by atoms with E-state index in [1.165, 1.54) is 12.1 Å². The van der Waals surface area contributed by atoms with Gasteiger partial charge in [0.2, 0.25) is 5.96 Å². The van der Waals surface area contributed by atoms with Crippen molar-refractivity contribution in [3.63, 3.8) is 0 Å². The van der Waals surface area contributed by atoms with Crippen molar-refractivity contribution in [2.75, 3.05) is 13.7 Å². The largest absolute Gasteiger partial charge is 0.497 e. The summed E-state index contributed by atoms with van der Waals surface area (Å²) in [6, 6.07) is 13.3. The number of amides is 1. The summed E-state index contributed by atoms with van der Waals surface area (Å²) in [6.45, 7) is 0.394. The minimum absolute atomic E-state index is 0.00172. The van der Waals surface area contributed by atoms with Crippen LogP contribution in [0.15, 0.2) is 58.4 Å².